The molecule has 0 aromatic heterocycles. The number of nitrogens with one attached hydrogen (secondary N) is 1. The molecule has 0 aromatic carbocycles. The molecule has 1 N–H and O–H groups in total. The van der Waals surface area contributed by atoms with Gasteiger partial charge in [0.15, 0.2) is 0 Å². The van der Waals surface area contributed by atoms with Crippen molar-refractivity contribution in [2.45, 2.75) is 45.4 Å². The van der Waals surface area contributed by atoms with Crippen LogP contribution in [0.1, 0.15) is 45.4 Å². The standard InChI is InChI=1S/C14H27NO/c1-12-2-4-13(5-3-12)10-15-8-6-14-7-9-16-11-14/h12-15H,2-11H2,1H3. The molecule has 94 valence electrons. The highest BCUT2D eigenvalue weighted by Gasteiger charge is 2.18. The Morgan fingerprint density at radius 2 is 1.88 bits per heavy atom. The molecule has 1 aliphatic heterocycles. The largest absolute Gasteiger partial charge is 0.381 e. The van der Waals surface area contributed by atoms with Gasteiger partial charge in [-0.1, -0.05) is 19.8 Å². The van der Waals surface area contributed by atoms with Gasteiger partial charge >= 0.3 is 0 Å². The molecule has 16 heavy (non-hydrogen) atoms. The van der Waals surface area contributed by atoms with Crippen molar-refractivity contribution in [1.29, 1.82) is 0 Å². The molecule has 1 saturated heterocycles. The average Bonchev–Trinajstić information content (AvgIpc) is 2.80. The van der Waals surface area contributed by atoms with Gasteiger partial charge < -0.3 is 10.1 Å². The van der Waals surface area contributed by atoms with E-state index >= 15 is 0 Å². The fourth-order valence-corrected chi connectivity index (χ4v) is 2.96. The van der Waals surface area contributed by atoms with Crippen LogP contribution < -0.4 is 5.32 Å². The summed E-state index contributed by atoms with van der Waals surface area (Å²) in [5, 5.41) is 3.64. The van der Waals surface area contributed by atoms with Crippen LogP contribution in [0.25, 0.3) is 0 Å². The summed E-state index contributed by atoms with van der Waals surface area (Å²) in [6, 6.07) is 0. The first kappa shape index (κ1) is 12.4. The zero-order chi connectivity index (χ0) is 11.2. The van der Waals surface area contributed by atoms with Crippen LogP contribution in [0.4, 0.5) is 0 Å². The molecule has 1 heterocycles. The molecule has 2 heteroatoms. The normalized spacial score (nSPS) is 35.4. The van der Waals surface area contributed by atoms with Gasteiger partial charge in [0, 0.05) is 13.2 Å². The van der Waals surface area contributed by atoms with E-state index in [1.165, 1.54) is 51.6 Å². The first-order valence-corrected chi connectivity index (χ1v) is 7.13. The fraction of sp³-hybridized carbons (Fsp3) is 1.00. The smallest absolute Gasteiger partial charge is 0.0495 e. The number of hydrogen-bond donors (Lipinski definition) is 1. The van der Waals surface area contributed by atoms with Crippen molar-refractivity contribution in [2.75, 3.05) is 26.3 Å². The van der Waals surface area contributed by atoms with Crippen molar-refractivity contribution in [3.63, 3.8) is 0 Å². The average molecular weight is 225 g/mol. The summed E-state index contributed by atoms with van der Waals surface area (Å²) in [5.41, 5.74) is 0. The lowest BCUT2D eigenvalue weighted by Crippen LogP contribution is -2.27. The lowest BCUT2D eigenvalue weighted by Gasteiger charge is -2.26. The van der Waals surface area contributed by atoms with Crippen LogP contribution >= 0.6 is 0 Å². The van der Waals surface area contributed by atoms with Crippen molar-refractivity contribution < 1.29 is 4.74 Å². The zero-order valence-electron chi connectivity index (χ0n) is 10.7. The molecule has 1 unspecified atom stereocenters. The maximum atomic E-state index is 5.39. The molecule has 0 amide bonds. The summed E-state index contributed by atoms with van der Waals surface area (Å²) in [6.07, 6.45) is 8.37. The number of rotatable bonds is 5. The molecule has 1 aliphatic carbocycles. The Hall–Kier alpha value is -0.0800. The first-order valence-electron chi connectivity index (χ1n) is 7.13. The minimum Gasteiger partial charge on any atom is -0.381 e. The third kappa shape index (κ3) is 4.06. The minimum atomic E-state index is 0.832. The predicted molar refractivity (Wildman–Crippen MR) is 67.5 cm³/mol. The Kier molecular flexibility index (Phi) is 5.11. The molecule has 1 saturated carbocycles. The maximum Gasteiger partial charge on any atom is 0.0495 e. The van der Waals surface area contributed by atoms with E-state index in [0.717, 1.165) is 31.0 Å². The molecular formula is C14H27NO. The van der Waals surface area contributed by atoms with Crippen LogP contribution in [0.15, 0.2) is 0 Å². The summed E-state index contributed by atoms with van der Waals surface area (Å²) in [4.78, 5) is 0. The van der Waals surface area contributed by atoms with Gasteiger partial charge in [-0.15, -0.1) is 0 Å². The van der Waals surface area contributed by atoms with Gasteiger partial charge in [0.05, 0.1) is 0 Å². The fourth-order valence-electron chi connectivity index (χ4n) is 2.96. The van der Waals surface area contributed by atoms with Crippen molar-refractivity contribution in [3.8, 4) is 0 Å². The number of hydrogen-bond acceptors (Lipinski definition) is 2. The Bertz CT molecular complexity index is 181. The third-order valence-corrected chi connectivity index (χ3v) is 4.32. The highest BCUT2D eigenvalue weighted by Crippen LogP contribution is 2.27. The Balaban J connectivity index is 1.48. The van der Waals surface area contributed by atoms with Crippen molar-refractivity contribution >= 4 is 0 Å². The summed E-state index contributed by atoms with van der Waals surface area (Å²) in [6.45, 7) is 6.83. The zero-order valence-corrected chi connectivity index (χ0v) is 10.7. The molecular weight excluding hydrogens is 198 g/mol. The van der Waals surface area contributed by atoms with Crippen LogP contribution in [-0.2, 0) is 4.74 Å². The van der Waals surface area contributed by atoms with E-state index in [4.69, 9.17) is 4.74 Å². The van der Waals surface area contributed by atoms with E-state index in [-0.39, 0.29) is 0 Å². The molecule has 0 aromatic rings. The van der Waals surface area contributed by atoms with Crippen molar-refractivity contribution in [3.05, 3.63) is 0 Å². The van der Waals surface area contributed by atoms with Gasteiger partial charge in [0.1, 0.15) is 0 Å². The monoisotopic (exact) mass is 225 g/mol. The van der Waals surface area contributed by atoms with E-state index in [1.807, 2.05) is 0 Å². The molecule has 0 spiro atoms. The topological polar surface area (TPSA) is 21.3 Å². The predicted octanol–water partition coefficient (Wildman–Crippen LogP) is 2.83. The molecule has 2 rings (SSSR count). The molecule has 0 bridgehead atoms. The highest BCUT2D eigenvalue weighted by atomic mass is 16.5. The van der Waals surface area contributed by atoms with Crippen LogP contribution in [0.3, 0.4) is 0 Å². The molecule has 2 aliphatic rings. The third-order valence-electron chi connectivity index (χ3n) is 4.32. The van der Waals surface area contributed by atoms with Crippen LogP contribution in [0, 0.1) is 17.8 Å². The summed E-state index contributed by atoms with van der Waals surface area (Å²) in [5.74, 6) is 2.77. The van der Waals surface area contributed by atoms with Gasteiger partial charge in [-0.05, 0) is 56.5 Å². The second-order valence-electron chi connectivity index (χ2n) is 5.85. The first-order chi connectivity index (χ1) is 7.84. The van der Waals surface area contributed by atoms with Crippen LogP contribution in [0.5, 0.6) is 0 Å². The number of ether oxygens (including phenoxy) is 1. The van der Waals surface area contributed by atoms with E-state index < -0.39 is 0 Å². The highest BCUT2D eigenvalue weighted by molar-refractivity contribution is 4.72. The maximum absolute atomic E-state index is 5.39. The quantitative estimate of drug-likeness (QED) is 0.726. The Morgan fingerprint density at radius 3 is 2.56 bits per heavy atom. The van der Waals surface area contributed by atoms with Crippen LogP contribution in [-0.4, -0.2) is 26.3 Å². The Morgan fingerprint density at radius 1 is 1.06 bits per heavy atom. The SMILES string of the molecule is CC1CCC(CNCCC2CCOC2)CC1. The summed E-state index contributed by atoms with van der Waals surface area (Å²) < 4.78 is 5.39. The molecule has 0 radical (unpaired) electrons. The second kappa shape index (κ2) is 6.61. The van der Waals surface area contributed by atoms with Gasteiger partial charge in [-0.3, -0.25) is 0 Å². The van der Waals surface area contributed by atoms with E-state index in [9.17, 15) is 0 Å². The molecule has 2 nitrogen and oxygen atoms in total. The van der Waals surface area contributed by atoms with E-state index in [2.05, 4.69) is 12.2 Å². The second-order valence-corrected chi connectivity index (χ2v) is 5.85. The lowest BCUT2D eigenvalue weighted by atomic mass is 9.83. The van der Waals surface area contributed by atoms with Gasteiger partial charge in [0.25, 0.3) is 0 Å². The van der Waals surface area contributed by atoms with Crippen molar-refractivity contribution in [2.24, 2.45) is 17.8 Å². The molecule has 1 atom stereocenters. The van der Waals surface area contributed by atoms with Crippen LogP contribution in [0.2, 0.25) is 0 Å². The summed E-state index contributed by atoms with van der Waals surface area (Å²) >= 11 is 0. The van der Waals surface area contributed by atoms with Gasteiger partial charge in [-0.2, -0.15) is 0 Å². The minimum absolute atomic E-state index is 0.832. The van der Waals surface area contributed by atoms with E-state index in [1.54, 1.807) is 0 Å². The van der Waals surface area contributed by atoms with Gasteiger partial charge in [-0.25, -0.2) is 0 Å². The molecule has 2 fully saturated rings. The van der Waals surface area contributed by atoms with Crippen molar-refractivity contribution in [1.82, 2.24) is 5.32 Å². The summed E-state index contributed by atoms with van der Waals surface area (Å²) in [7, 11) is 0. The van der Waals surface area contributed by atoms with E-state index in [0.29, 0.717) is 0 Å². The Labute approximate surface area is 100 Å². The lowest BCUT2D eigenvalue weighted by molar-refractivity contribution is 0.184. The van der Waals surface area contributed by atoms with Gasteiger partial charge in [0.2, 0.25) is 0 Å².